The number of aromatic nitrogens is 1. The molecule has 2 amide bonds. The van der Waals surface area contributed by atoms with Crippen LogP contribution in [0.15, 0.2) is 41.8 Å². The Hall–Kier alpha value is -2.67. The number of thiophene rings is 1. The van der Waals surface area contributed by atoms with E-state index in [-0.39, 0.29) is 30.2 Å². The number of hydrogen-bond acceptors (Lipinski definition) is 3. The molecule has 0 spiro atoms. The highest BCUT2D eigenvalue weighted by Gasteiger charge is 2.48. The van der Waals surface area contributed by atoms with Crippen LogP contribution in [0.4, 0.5) is 4.39 Å². The molecule has 7 heteroatoms. The van der Waals surface area contributed by atoms with Crippen molar-refractivity contribution in [2.24, 2.45) is 0 Å². The number of rotatable bonds is 4. The molecule has 0 radical (unpaired) electrons. The van der Waals surface area contributed by atoms with Gasteiger partial charge in [-0.1, -0.05) is 44.2 Å². The summed E-state index contributed by atoms with van der Waals surface area (Å²) in [5.41, 5.74) is 1.17. The Kier molecular flexibility index (Phi) is 5.99. The molecule has 33 heavy (non-hydrogen) atoms. The third kappa shape index (κ3) is 4.19. The average Bonchev–Trinajstić information content (AvgIpc) is 3.35. The maximum Gasteiger partial charge on any atom is 0.271 e. The van der Waals surface area contributed by atoms with Gasteiger partial charge in [-0.25, -0.2) is 4.39 Å². The zero-order valence-electron chi connectivity index (χ0n) is 19.0. The topological polar surface area (TPSA) is 54.3 Å². The Labute approximate surface area is 197 Å². The Morgan fingerprint density at radius 3 is 2.67 bits per heavy atom. The summed E-state index contributed by atoms with van der Waals surface area (Å²) in [6.07, 6.45) is 7.86. The number of nitrogens with one attached hydrogen (secondary N) is 1. The molecule has 1 atom stereocenters. The van der Waals surface area contributed by atoms with E-state index in [1.165, 1.54) is 31.4 Å². The smallest absolute Gasteiger partial charge is 0.271 e. The van der Waals surface area contributed by atoms with Crippen molar-refractivity contribution >= 4 is 33.4 Å². The van der Waals surface area contributed by atoms with Gasteiger partial charge in [0, 0.05) is 12.6 Å². The van der Waals surface area contributed by atoms with Crippen molar-refractivity contribution in [1.29, 1.82) is 0 Å². The van der Waals surface area contributed by atoms with E-state index in [1.807, 2.05) is 29.0 Å². The summed E-state index contributed by atoms with van der Waals surface area (Å²) in [6.45, 7) is 2.41. The molecule has 0 bridgehead atoms. The van der Waals surface area contributed by atoms with Crippen LogP contribution in [0.1, 0.15) is 67.9 Å². The second kappa shape index (κ2) is 8.93. The molecule has 0 unspecified atom stereocenters. The number of benzene rings is 1. The molecule has 5 rings (SSSR count). The van der Waals surface area contributed by atoms with Crippen molar-refractivity contribution in [1.82, 2.24) is 14.8 Å². The van der Waals surface area contributed by atoms with Crippen LogP contribution in [0, 0.1) is 5.82 Å². The molecule has 3 heterocycles. The summed E-state index contributed by atoms with van der Waals surface area (Å²) in [6, 6.07) is 10.3. The van der Waals surface area contributed by atoms with E-state index in [4.69, 9.17) is 0 Å². The van der Waals surface area contributed by atoms with Gasteiger partial charge in [0.25, 0.3) is 5.91 Å². The van der Waals surface area contributed by atoms with Crippen LogP contribution in [0.5, 0.6) is 0 Å². The number of hydrogen-bond donors (Lipinski definition) is 1. The predicted octanol–water partition coefficient (Wildman–Crippen LogP) is 5.49. The second-order valence-electron chi connectivity index (χ2n) is 9.60. The van der Waals surface area contributed by atoms with Crippen LogP contribution < -0.4 is 5.32 Å². The van der Waals surface area contributed by atoms with Gasteiger partial charge < -0.3 is 14.8 Å². The summed E-state index contributed by atoms with van der Waals surface area (Å²) in [5, 5.41) is 5.30. The standard InChI is InChI=1S/C26H30FN3O2S/c1-26(25(32)28-20-10-5-3-2-4-6-11-20)17-29-21-12-13-33-23(21)15-22(29)24(31)30(26)16-18-8-7-9-19(27)14-18/h7-9,12-15,20H,2-6,10-11,16-17H2,1H3,(H,28,32)/t26-/m0/s1. The average molecular weight is 468 g/mol. The van der Waals surface area contributed by atoms with E-state index < -0.39 is 5.54 Å². The molecule has 174 valence electrons. The highest BCUT2D eigenvalue weighted by atomic mass is 32.1. The molecule has 2 aromatic heterocycles. The number of carbonyl (C=O) groups is 2. The van der Waals surface area contributed by atoms with Gasteiger partial charge in [0.05, 0.1) is 16.8 Å². The molecule has 1 N–H and O–H groups in total. The first-order valence-electron chi connectivity index (χ1n) is 11.9. The lowest BCUT2D eigenvalue weighted by Crippen LogP contribution is -2.64. The van der Waals surface area contributed by atoms with Crippen molar-refractivity contribution < 1.29 is 14.0 Å². The van der Waals surface area contributed by atoms with Crippen LogP contribution in [-0.2, 0) is 17.9 Å². The van der Waals surface area contributed by atoms with E-state index in [0.717, 1.165) is 35.9 Å². The molecule has 1 saturated carbocycles. The molecule has 3 aromatic rings. The van der Waals surface area contributed by atoms with Crippen LogP contribution >= 0.6 is 11.3 Å². The van der Waals surface area contributed by atoms with Crippen LogP contribution in [-0.4, -0.2) is 32.9 Å². The molecule has 1 aliphatic carbocycles. The van der Waals surface area contributed by atoms with Crippen LogP contribution in [0.25, 0.3) is 10.2 Å². The fourth-order valence-electron chi connectivity index (χ4n) is 5.28. The third-order valence-corrected chi connectivity index (χ3v) is 8.06. The van der Waals surface area contributed by atoms with Gasteiger partial charge in [0.2, 0.25) is 5.91 Å². The molecule has 5 nitrogen and oxygen atoms in total. The van der Waals surface area contributed by atoms with Gasteiger partial charge in [-0.05, 0) is 55.0 Å². The minimum Gasteiger partial charge on any atom is -0.351 e. The van der Waals surface area contributed by atoms with Gasteiger partial charge in [-0.2, -0.15) is 0 Å². The highest BCUT2D eigenvalue weighted by molar-refractivity contribution is 7.17. The summed E-state index contributed by atoms with van der Waals surface area (Å²) < 4.78 is 16.9. The lowest BCUT2D eigenvalue weighted by molar-refractivity contribution is -0.134. The maximum absolute atomic E-state index is 13.9. The number of halogens is 1. The normalized spacial score (nSPS) is 22.1. The zero-order valence-corrected chi connectivity index (χ0v) is 19.8. The fourth-order valence-corrected chi connectivity index (χ4v) is 6.10. The zero-order chi connectivity index (χ0) is 23.0. The first-order valence-corrected chi connectivity index (χ1v) is 12.8. The van der Waals surface area contributed by atoms with Gasteiger partial charge in [-0.3, -0.25) is 9.59 Å². The summed E-state index contributed by atoms with van der Waals surface area (Å²) in [4.78, 5) is 29.2. The Morgan fingerprint density at radius 2 is 1.91 bits per heavy atom. The predicted molar refractivity (Wildman–Crippen MR) is 129 cm³/mol. The third-order valence-electron chi connectivity index (χ3n) is 7.21. The number of carbonyl (C=O) groups excluding carboxylic acids is 2. The molecule has 2 aliphatic rings. The van der Waals surface area contributed by atoms with Gasteiger partial charge in [0.15, 0.2) is 0 Å². The van der Waals surface area contributed by atoms with E-state index in [2.05, 4.69) is 5.32 Å². The van der Waals surface area contributed by atoms with Gasteiger partial charge in [0.1, 0.15) is 17.1 Å². The van der Waals surface area contributed by atoms with Gasteiger partial charge >= 0.3 is 0 Å². The monoisotopic (exact) mass is 467 g/mol. The number of fused-ring (bicyclic) bond motifs is 3. The SMILES string of the molecule is C[C@@]1(C(=O)NC2CCCCCCC2)Cn2c(cc3sccc32)C(=O)N1Cc1cccc(F)c1. The summed E-state index contributed by atoms with van der Waals surface area (Å²) in [5.74, 6) is -0.661. The molecular formula is C26H30FN3O2S. The Morgan fingerprint density at radius 1 is 1.15 bits per heavy atom. The molecular weight excluding hydrogens is 437 g/mol. The fraction of sp³-hybridized carbons (Fsp3) is 0.462. The van der Waals surface area contributed by atoms with Crippen LogP contribution in [0.2, 0.25) is 0 Å². The first-order chi connectivity index (χ1) is 16.0. The molecule has 0 saturated heterocycles. The van der Waals surface area contributed by atoms with E-state index in [1.54, 1.807) is 28.4 Å². The van der Waals surface area contributed by atoms with Crippen molar-refractivity contribution in [3.8, 4) is 0 Å². The van der Waals surface area contributed by atoms with Gasteiger partial charge in [-0.15, -0.1) is 11.3 Å². The first kappa shape index (κ1) is 22.1. The largest absolute Gasteiger partial charge is 0.351 e. The molecule has 1 aromatic carbocycles. The minimum atomic E-state index is -1.08. The molecule has 1 fully saturated rings. The highest BCUT2D eigenvalue weighted by Crippen LogP contribution is 2.35. The van der Waals surface area contributed by atoms with Crippen molar-refractivity contribution in [3.63, 3.8) is 0 Å². The lowest BCUT2D eigenvalue weighted by Gasteiger charge is -2.44. The maximum atomic E-state index is 13.9. The number of nitrogens with zero attached hydrogens (tertiary/aromatic N) is 2. The van der Waals surface area contributed by atoms with E-state index in [0.29, 0.717) is 17.8 Å². The molecule has 1 aliphatic heterocycles. The van der Waals surface area contributed by atoms with E-state index in [9.17, 15) is 14.0 Å². The lowest BCUT2D eigenvalue weighted by atomic mass is 9.91. The van der Waals surface area contributed by atoms with Crippen molar-refractivity contribution in [3.05, 3.63) is 58.9 Å². The minimum absolute atomic E-state index is 0.124. The second-order valence-corrected chi connectivity index (χ2v) is 10.5. The van der Waals surface area contributed by atoms with E-state index >= 15 is 0 Å². The van der Waals surface area contributed by atoms with Crippen molar-refractivity contribution in [2.75, 3.05) is 0 Å². The van der Waals surface area contributed by atoms with Crippen molar-refractivity contribution in [2.45, 2.75) is 76.5 Å². The summed E-state index contributed by atoms with van der Waals surface area (Å²) >= 11 is 1.59. The quantitative estimate of drug-likeness (QED) is 0.552. The Bertz CT molecular complexity index is 1180. The summed E-state index contributed by atoms with van der Waals surface area (Å²) in [7, 11) is 0. The van der Waals surface area contributed by atoms with Crippen LogP contribution in [0.3, 0.4) is 0 Å². The number of amides is 2. The Balaban J connectivity index is 1.50.